The third kappa shape index (κ3) is 1.64. The number of rotatable bonds is 0. The lowest BCUT2D eigenvalue weighted by molar-refractivity contribution is 0.187. The number of hydrogen-bond acceptors (Lipinski definition) is 2. The molecule has 0 unspecified atom stereocenters. The molecule has 76 valence electrons. The molecule has 0 aromatic rings. The van der Waals surface area contributed by atoms with Gasteiger partial charge in [-0.1, -0.05) is 12.2 Å². The van der Waals surface area contributed by atoms with E-state index < -0.39 is 0 Å². The molecular formula is C10H15N3O. The van der Waals surface area contributed by atoms with Gasteiger partial charge in [-0.2, -0.15) is 0 Å². The summed E-state index contributed by atoms with van der Waals surface area (Å²) in [5.41, 5.74) is 0. The van der Waals surface area contributed by atoms with Gasteiger partial charge in [-0.3, -0.25) is 10.3 Å². The summed E-state index contributed by atoms with van der Waals surface area (Å²) in [5.74, 6) is 0.421. The fourth-order valence-electron chi connectivity index (χ4n) is 1.87. The zero-order chi connectivity index (χ0) is 9.97. The third-order valence-electron chi connectivity index (χ3n) is 2.70. The normalized spacial score (nSPS) is 21.9. The molecule has 1 N–H and O–H groups in total. The van der Waals surface area contributed by atoms with Gasteiger partial charge in [0.05, 0.1) is 0 Å². The number of amidine groups is 1. The van der Waals surface area contributed by atoms with E-state index in [-0.39, 0.29) is 6.03 Å². The molecule has 4 nitrogen and oxygen atoms in total. The first-order valence-electron chi connectivity index (χ1n) is 5.08. The highest BCUT2D eigenvalue weighted by atomic mass is 16.2. The SMILES string of the molecule is N=C1CC=CCN1C(=O)N1CCCC1. The standard InChI is InChI=1S/C10H15N3O/c11-9-5-1-2-8-13(9)10(14)12-6-3-4-7-12/h1-2,11H,3-8H2. The molecule has 0 aromatic carbocycles. The van der Waals surface area contributed by atoms with Gasteiger partial charge in [0.1, 0.15) is 5.84 Å². The molecule has 2 aliphatic heterocycles. The topological polar surface area (TPSA) is 47.4 Å². The Balaban J connectivity index is 2.02. The van der Waals surface area contributed by atoms with E-state index in [2.05, 4.69) is 0 Å². The maximum atomic E-state index is 11.9. The van der Waals surface area contributed by atoms with Gasteiger partial charge in [0, 0.05) is 26.1 Å². The Labute approximate surface area is 83.7 Å². The number of amides is 2. The van der Waals surface area contributed by atoms with Crippen molar-refractivity contribution in [1.29, 1.82) is 5.41 Å². The number of hydrogen-bond donors (Lipinski definition) is 1. The number of likely N-dealkylation sites (tertiary alicyclic amines) is 1. The second-order valence-corrected chi connectivity index (χ2v) is 3.71. The van der Waals surface area contributed by atoms with Crippen molar-refractivity contribution in [2.75, 3.05) is 19.6 Å². The summed E-state index contributed by atoms with van der Waals surface area (Å²) < 4.78 is 0. The van der Waals surface area contributed by atoms with Crippen LogP contribution in [0.25, 0.3) is 0 Å². The van der Waals surface area contributed by atoms with Crippen LogP contribution in [0.3, 0.4) is 0 Å². The zero-order valence-electron chi connectivity index (χ0n) is 8.20. The van der Waals surface area contributed by atoms with Crippen LogP contribution in [0.4, 0.5) is 4.79 Å². The van der Waals surface area contributed by atoms with Gasteiger partial charge in [-0.05, 0) is 12.8 Å². The van der Waals surface area contributed by atoms with Gasteiger partial charge in [0.25, 0.3) is 0 Å². The Bertz CT molecular complexity index is 279. The molecule has 1 fully saturated rings. The first kappa shape index (κ1) is 9.24. The van der Waals surface area contributed by atoms with Crippen LogP contribution in [0.15, 0.2) is 12.2 Å². The molecule has 2 heterocycles. The van der Waals surface area contributed by atoms with Gasteiger partial charge in [-0.25, -0.2) is 4.79 Å². The summed E-state index contributed by atoms with van der Waals surface area (Å²) in [6.07, 6.45) is 6.67. The van der Waals surface area contributed by atoms with Crippen LogP contribution in [-0.4, -0.2) is 41.3 Å². The largest absolute Gasteiger partial charge is 0.325 e. The average molecular weight is 193 g/mol. The molecule has 4 heteroatoms. The van der Waals surface area contributed by atoms with Crippen LogP contribution >= 0.6 is 0 Å². The minimum Gasteiger partial charge on any atom is -0.324 e. The van der Waals surface area contributed by atoms with Crippen LogP contribution in [-0.2, 0) is 0 Å². The van der Waals surface area contributed by atoms with Gasteiger partial charge in [0.2, 0.25) is 0 Å². The van der Waals surface area contributed by atoms with Gasteiger partial charge in [-0.15, -0.1) is 0 Å². The second-order valence-electron chi connectivity index (χ2n) is 3.71. The van der Waals surface area contributed by atoms with Crippen LogP contribution in [0, 0.1) is 5.41 Å². The van der Waals surface area contributed by atoms with E-state index in [1.807, 2.05) is 17.1 Å². The van der Waals surface area contributed by atoms with E-state index >= 15 is 0 Å². The number of urea groups is 1. The van der Waals surface area contributed by atoms with E-state index in [0.29, 0.717) is 18.8 Å². The van der Waals surface area contributed by atoms with Gasteiger partial charge in [0.15, 0.2) is 0 Å². The molecule has 0 bridgehead atoms. The Morgan fingerprint density at radius 1 is 1.29 bits per heavy atom. The molecule has 14 heavy (non-hydrogen) atoms. The first-order valence-corrected chi connectivity index (χ1v) is 5.08. The predicted molar refractivity (Wildman–Crippen MR) is 54.4 cm³/mol. The van der Waals surface area contributed by atoms with E-state index in [1.165, 1.54) is 0 Å². The molecule has 0 saturated carbocycles. The summed E-state index contributed by atoms with van der Waals surface area (Å²) in [6.45, 7) is 2.27. The Morgan fingerprint density at radius 3 is 2.64 bits per heavy atom. The van der Waals surface area contributed by atoms with E-state index in [0.717, 1.165) is 25.9 Å². The molecule has 0 aromatic heterocycles. The Hall–Kier alpha value is -1.32. The molecule has 0 radical (unpaired) electrons. The summed E-state index contributed by atoms with van der Waals surface area (Å²) in [4.78, 5) is 15.3. The highest BCUT2D eigenvalue weighted by Gasteiger charge is 2.26. The molecule has 2 rings (SSSR count). The third-order valence-corrected chi connectivity index (χ3v) is 2.70. The van der Waals surface area contributed by atoms with Crippen LogP contribution in [0.5, 0.6) is 0 Å². The smallest absolute Gasteiger partial charge is 0.324 e. The number of nitrogens with zero attached hydrogens (tertiary/aromatic N) is 2. The van der Waals surface area contributed by atoms with Crippen LogP contribution in [0.2, 0.25) is 0 Å². The minimum atomic E-state index is 0.0110. The summed E-state index contributed by atoms with van der Waals surface area (Å²) in [5, 5.41) is 7.67. The Kier molecular flexibility index (Phi) is 2.52. The van der Waals surface area contributed by atoms with E-state index in [9.17, 15) is 4.79 Å². The van der Waals surface area contributed by atoms with Crippen molar-refractivity contribution in [1.82, 2.24) is 9.80 Å². The first-order chi connectivity index (χ1) is 6.79. The van der Waals surface area contributed by atoms with Gasteiger partial charge >= 0.3 is 6.03 Å². The maximum Gasteiger partial charge on any atom is 0.325 e. The quantitative estimate of drug-likeness (QED) is 0.581. The lowest BCUT2D eigenvalue weighted by Gasteiger charge is -2.28. The van der Waals surface area contributed by atoms with Crippen molar-refractivity contribution in [3.8, 4) is 0 Å². The number of carbonyl (C=O) groups is 1. The lowest BCUT2D eigenvalue weighted by Crippen LogP contribution is -2.45. The lowest BCUT2D eigenvalue weighted by atomic mass is 10.2. The van der Waals surface area contributed by atoms with Crippen molar-refractivity contribution in [3.05, 3.63) is 12.2 Å². The highest BCUT2D eigenvalue weighted by Crippen LogP contribution is 2.13. The van der Waals surface area contributed by atoms with E-state index in [4.69, 9.17) is 5.41 Å². The monoisotopic (exact) mass is 193 g/mol. The molecule has 0 spiro atoms. The molecule has 1 saturated heterocycles. The second kappa shape index (κ2) is 3.82. The predicted octanol–water partition coefficient (Wildman–Crippen LogP) is 1.44. The fourth-order valence-corrected chi connectivity index (χ4v) is 1.87. The van der Waals surface area contributed by atoms with Crippen molar-refractivity contribution >= 4 is 11.9 Å². The average Bonchev–Trinajstić information content (AvgIpc) is 2.70. The maximum absolute atomic E-state index is 11.9. The van der Waals surface area contributed by atoms with Crippen LogP contribution in [0.1, 0.15) is 19.3 Å². The molecule has 0 aliphatic carbocycles. The summed E-state index contributed by atoms with van der Waals surface area (Å²) >= 11 is 0. The van der Waals surface area contributed by atoms with E-state index in [1.54, 1.807) is 4.90 Å². The molecule has 0 atom stereocenters. The van der Waals surface area contributed by atoms with Gasteiger partial charge < -0.3 is 4.90 Å². The minimum absolute atomic E-state index is 0.0110. The highest BCUT2D eigenvalue weighted by molar-refractivity contribution is 5.97. The van der Waals surface area contributed by atoms with Crippen LogP contribution < -0.4 is 0 Å². The number of nitrogens with one attached hydrogen (secondary N) is 1. The molecular weight excluding hydrogens is 178 g/mol. The zero-order valence-corrected chi connectivity index (χ0v) is 8.20. The number of carbonyl (C=O) groups excluding carboxylic acids is 1. The Morgan fingerprint density at radius 2 is 2.00 bits per heavy atom. The molecule has 2 amide bonds. The summed E-state index contributed by atoms with van der Waals surface area (Å²) in [7, 11) is 0. The molecule has 2 aliphatic rings. The van der Waals surface area contributed by atoms with Crippen molar-refractivity contribution in [3.63, 3.8) is 0 Å². The fraction of sp³-hybridized carbons (Fsp3) is 0.600. The van der Waals surface area contributed by atoms with Crippen molar-refractivity contribution in [2.45, 2.75) is 19.3 Å². The van der Waals surface area contributed by atoms with Crippen molar-refractivity contribution in [2.24, 2.45) is 0 Å². The van der Waals surface area contributed by atoms with Crippen molar-refractivity contribution < 1.29 is 4.79 Å². The summed E-state index contributed by atoms with van der Waals surface area (Å²) in [6, 6.07) is 0.0110.